The molecule has 4 heteroatoms. The van der Waals surface area contributed by atoms with Gasteiger partial charge in [-0.15, -0.1) is 0 Å². The third-order valence-corrected chi connectivity index (χ3v) is 2.15. The average Bonchev–Trinajstić information content (AvgIpc) is 2.88. The number of ether oxygens (including phenoxy) is 1. The summed E-state index contributed by atoms with van der Waals surface area (Å²) in [5.74, 6) is -0.674. The van der Waals surface area contributed by atoms with Crippen LogP contribution in [0, 0.1) is 5.92 Å². The van der Waals surface area contributed by atoms with Crippen molar-refractivity contribution in [1.82, 2.24) is 0 Å². The monoisotopic (exact) mass is 176 g/mol. The van der Waals surface area contributed by atoms with E-state index in [2.05, 4.69) is 0 Å². The SMILES string of the molecule is CC[C@H](O)[C@@H](C(F)C=O)[C@H]1CO1. The topological polar surface area (TPSA) is 49.8 Å². The molecule has 0 spiro atoms. The van der Waals surface area contributed by atoms with Gasteiger partial charge in [-0.3, -0.25) is 0 Å². The predicted molar refractivity (Wildman–Crippen MR) is 40.5 cm³/mol. The molecule has 1 aliphatic heterocycles. The Morgan fingerprint density at radius 3 is 2.75 bits per heavy atom. The van der Waals surface area contributed by atoms with Crippen molar-refractivity contribution in [1.29, 1.82) is 0 Å². The van der Waals surface area contributed by atoms with Gasteiger partial charge in [0.05, 0.1) is 24.7 Å². The van der Waals surface area contributed by atoms with Gasteiger partial charge in [0.15, 0.2) is 12.5 Å². The molecule has 0 aromatic carbocycles. The van der Waals surface area contributed by atoms with E-state index >= 15 is 0 Å². The number of hydrogen-bond acceptors (Lipinski definition) is 3. The number of hydrogen-bond donors (Lipinski definition) is 1. The van der Waals surface area contributed by atoms with E-state index < -0.39 is 18.2 Å². The van der Waals surface area contributed by atoms with Gasteiger partial charge in [-0.1, -0.05) is 6.92 Å². The molecule has 0 bridgehead atoms. The lowest BCUT2D eigenvalue weighted by Gasteiger charge is -2.19. The molecule has 3 nitrogen and oxygen atoms in total. The fraction of sp³-hybridized carbons (Fsp3) is 0.875. The predicted octanol–water partition coefficient (Wildman–Crippen LogP) is 0.309. The number of epoxide rings is 1. The van der Waals surface area contributed by atoms with Crippen molar-refractivity contribution in [3.8, 4) is 0 Å². The van der Waals surface area contributed by atoms with E-state index in [1.165, 1.54) is 0 Å². The minimum atomic E-state index is -1.60. The molecule has 0 amide bonds. The van der Waals surface area contributed by atoms with Crippen LogP contribution >= 0.6 is 0 Å². The Morgan fingerprint density at radius 2 is 2.42 bits per heavy atom. The highest BCUT2D eigenvalue weighted by Gasteiger charge is 2.42. The molecule has 0 radical (unpaired) electrons. The maximum absolute atomic E-state index is 12.9. The van der Waals surface area contributed by atoms with Crippen molar-refractivity contribution in [2.24, 2.45) is 5.92 Å². The van der Waals surface area contributed by atoms with Gasteiger partial charge in [-0.25, -0.2) is 4.39 Å². The maximum atomic E-state index is 12.9. The van der Waals surface area contributed by atoms with E-state index in [0.29, 0.717) is 13.0 Å². The second kappa shape index (κ2) is 3.96. The first kappa shape index (κ1) is 9.61. The van der Waals surface area contributed by atoms with Gasteiger partial charge >= 0.3 is 0 Å². The van der Waals surface area contributed by atoms with Crippen molar-refractivity contribution in [3.63, 3.8) is 0 Å². The molecule has 4 atom stereocenters. The summed E-state index contributed by atoms with van der Waals surface area (Å²) in [6.45, 7) is 2.20. The van der Waals surface area contributed by atoms with Gasteiger partial charge in [-0.2, -0.15) is 0 Å². The van der Waals surface area contributed by atoms with E-state index in [-0.39, 0.29) is 12.4 Å². The van der Waals surface area contributed by atoms with E-state index in [0.717, 1.165) is 0 Å². The van der Waals surface area contributed by atoms with Gasteiger partial charge in [0.25, 0.3) is 0 Å². The highest BCUT2D eigenvalue weighted by atomic mass is 19.1. The lowest BCUT2D eigenvalue weighted by molar-refractivity contribution is -0.116. The molecule has 0 aromatic heterocycles. The fourth-order valence-corrected chi connectivity index (χ4v) is 1.31. The Labute approximate surface area is 70.5 Å². The van der Waals surface area contributed by atoms with Crippen LogP contribution in [-0.2, 0) is 9.53 Å². The van der Waals surface area contributed by atoms with Crippen molar-refractivity contribution < 1.29 is 19.0 Å². The van der Waals surface area contributed by atoms with E-state index in [1.54, 1.807) is 6.92 Å². The summed E-state index contributed by atoms with van der Waals surface area (Å²) in [4.78, 5) is 10.2. The van der Waals surface area contributed by atoms with E-state index in [1.807, 2.05) is 0 Å². The first-order valence-corrected chi connectivity index (χ1v) is 4.09. The molecule has 0 aromatic rings. The highest BCUT2D eigenvalue weighted by Crippen LogP contribution is 2.28. The van der Waals surface area contributed by atoms with E-state index in [4.69, 9.17) is 4.74 Å². The number of aldehydes is 1. The van der Waals surface area contributed by atoms with Crippen LogP contribution in [0.15, 0.2) is 0 Å². The van der Waals surface area contributed by atoms with Crippen molar-refractivity contribution >= 4 is 6.29 Å². The van der Waals surface area contributed by atoms with Crippen LogP contribution in [0.2, 0.25) is 0 Å². The second-order valence-corrected chi connectivity index (χ2v) is 3.01. The van der Waals surface area contributed by atoms with Crippen LogP contribution in [0.3, 0.4) is 0 Å². The maximum Gasteiger partial charge on any atom is 0.163 e. The molecule has 70 valence electrons. The number of rotatable bonds is 5. The molecular formula is C8H13FO3. The molecular weight excluding hydrogens is 163 g/mol. The van der Waals surface area contributed by atoms with Gasteiger partial charge in [0.1, 0.15) is 0 Å². The summed E-state index contributed by atoms with van der Waals surface area (Å²) in [7, 11) is 0. The number of aliphatic hydroxyl groups excluding tert-OH is 1. The van der Waals surface area contributed by atoms with Crippen LogP contribution in [-0.4, -0.2) is 36.4 Å². The number of halogens is 1. The zero-order valence-corrected chi connectivity index (χ0v) is 6.94. The largest absolute Gasteiger partial charge is 0.393 e. The minimum Gasteiger partial charge on any atom is -0.393 e. The van der Waals surface area contributed by atoms with Gasteiger partial charge < -0.3 is 14.6 Å². The van der Waals surface area contributed by atoms with Crippen molar-refractivity contribution in [2.45, 2.75) is 31.7 Å². The molecule has 12 heavy (non-hydrogen) atoms. The average molecular weight is 176 g/mol. The summed E-state index contributed by atoms with van der Waals surface area (Å²) in [6, 6.07) is 0. The van der Waals surface area contributed by atoms with Crippen LogP contribution in [0.1, 0.15) is 13.3 Å². The van der Waals surface area contributed by atoms with Crippen molar-refractivity contribution in [3.05, 3.63) is 0 Å². The zero-order valence-electron chi connectivity index (χ0n) is 6.94. The molecule has 1 N–H and O–H groups in total. The van der Waals surface area contributed by atoms with Crippen LogP contribution in [0.25, 0.3) is 0 Å². The third-order valence-electron chi connectivity index (χ3n) is 2.15. The smallest absolute Gasteiger partial charge is 0.163 e. The van der Waals surface area contributed by atoms with Gasteiger partial charge in [-0.05, 0) is 6.42 Å². The molecule has 0 aliphatic carbocycles. The Morgan fingerprint density at radius 1 is 1.83 bits per heavy atom. The number of alkyl halides is 1. The Hall–Kier alpha value is -0.480. The molecule has 1 unspecified atom stereocenters. The molecule has 1 aliphatic rings. The molecule has 1 saturated heterocycles. The summed E-state index contributed by atoms with van der Waals surface area (Å²) in [6.07, 6.45) is -1.98. The first-order valence-electron chi connectivity index (χ1n) is 4.09. The summed E-state index contributed by atoms with van der Waals surface area (Å²) in [5, 5.41) is 9.35. The summed E-state index contributed by atoms with van der Waals surface area (Å²) >= 11 is 0. The van der Waals surface area contributed by atoms with Crippen LogP contribution in [0.5, 0.6) is 0 Å². The van der Waals surface area contributed by atoms with Gasteiger partial charge in [0.2, 0.25) is 0 Å². The lowest BCUT2D eigenvalue weighted by Crippen LogP contribution is -2.34. The second-order valence-electron chi connectivity index (χ2n) is 3.01. The molecule has 1 heterocycles. The van der Waals surface area contributed by atoms with Gasteiger partial charge in [0, 0.05) is 0 Å². The number of carbonyl (C=O) groups is 1. The molecule has 0 saturated carbocycles. The summed E-state index contributed by atoms with van der Waals surface area (Å²) in [5.41, 5.74) is 0. The zero-order chi connectivity index (χ0) is 9.14. The normalized spacial score (nSPS) is 29.1. The van der Waals surface area contributed by atoms with Crippen molar-refractivity contribution in [2.75, 3.05) is 6.61 Å². The highest BCUT2D eigenvalue weighted by molar-refractivity contribution is 5.56. The van der Waals surface area contributed by atoms with Crippen LogP contribution in [0.4, 0.5) is 4.39 Å². The quantitative estimate of drug-likeness (QED) is 0.484. The molecule has 1 fully saturated rings. The number of aliphatic hydroxyl groups is 1. The Balaban J connectivity index is 2.52. The summed E-state index contributed by atoms with van der Waals surface area (Å²) < 4.78 is 17.8. The number of carbonyl (C=O) groups excluding carboxylic acids is 1. The standard InChI is InChI=1S/C8H13FO3/c1-2-6(11)8(5(9)3-10)7-4-12-7/h3,5-8,11H,2,4H2,1H3/t5?,6-,7+,8+/m0/s1. The first-order chi connectivity index (χ1) is 5.70. The van der Waals surface area contributed by atoms with Crippen LogP contribution < -0.4 is 0 Å². The minimum absolute atomic E-state index is 0.227. The van der Waals surface area contributed by atoms with E-state index in [9.17, 15) is 14.3 Å². The Kier molecular flexibility index (Phi) is 3.17. The molecule has 1 rings (SSSR count). The fourth-order valence-electron chi connectivity index (χ4n) is 1.31. The Bertz CT molecular complexity index is 158. The third kappa shape index (κ3) is 2.01. The lowest BCUT2D eigenvalue weighted by atomic mass is 9.93.